The number of carbonyl (C=O) groups is 1. The SMILES string of the molecule is COCCC(C)(C(=O)Oc1ccccc1)C1OC1C. The molecule has 0 aromatic heterocycles. The van der Waals surface area contributed by atoms with Gasteiger partial charge in [0.2, 0.25) is 0 Å². The number of ether oxygens (including phenoxy) is 3. The van der Waals surface area contributed by atoms with Gasteiger partial charge in [-0.3, -0.25) is 4.79 Å². The highest BCUT2D eigenvalue weighted by atomic mass is 16.6. The Morgan fingerprint density at radius 3 is 2.53 bits per heavy atom. The number of hydrogen-bond acceptors (Lipinski definition) is 4. The maximum absolute atomic E-state index is 12.4. The van der Waals surface area contributed by atoms with Crippen molar-refractivity contribution < 1.29 is 19.0 Å². The fourth-order valence-corrected chi connectivity index (χ4v) is 2.24. The minimum Gasteiger partial charge on any atom is -0.426 e. The first-order valence-electron chi connectivity index (χ1n) is 6.49. The number of para-hydroxylation sites is 1. The van der Waals surface area contributed by atoms with Crippen molar-refractivity contribution in [1.29, 1.82) is 0 Å². The maximum atomic E-state index is 12.4. The molecule has 1 fully saturated rings. The second kappa shape index (κ2) is 5.72. The highest BCUT2D eigenvalue weighted by Gasteiger charge is 2.54. The predicted octanol–water partition coefficient (Wildman–Crippen LogP) is 2.42. The van der Waals surface area contributed by atoms with Gasteiger partial charge in [-0.05, 0) is 32.4 Å². The number of esters is 1. The van der Waals surface area contributed by atoms with Crippen molar-refractivity contribution in [2.24, 2.45) is 5.41 Å². The summed E-state index contributed by atoms with van der Waals surface area (Å²) < 4.78 is 16.0. The smallest absolute Gasteiger partial charge is 0.320 e. The van der Waals surface area contributed by atoms with Gasteiger partial charge in [0.05, 0.1) is 17.6 Å². The lowest BCUT2D eigenvalue weighted by atomic mass is 9.82. The van der Waals surface area contributed by atoms with Gasteiger partial charge in [0.25, 0.3) is 0 Å². The van der Waals surface area contributed by atoms with Gasteiger partial charge in [-0.2, -0.15) is 0 Å². The Kier molecular flexibility index (Phi) is 4.22. The summed E-state index contributed by atoms with van der Waals surface area (Å²) in [4.78, 5) is 12.4. The minimum absolute atomic E-state index is 0.0844. The summed E-state index contributed by atoms with van der Waals surface area (Å²) in [7, 11) is 1.63. The van der Waals surface area contributed by atoms with Crippen LogP contribution in [0.1, 0.15) is 20.3 Å². The van der Waals surface area contributed by atoms with Gasteiger partial charge < -0.3 is 14.2 Å². The maximum Gasteiger partial charge on any atom is 0.320 e. The number of hydrogen-bond donors (Lipinski definition) is 0. The van der Waals surface area contributed by atoms with Crippen LogP contribution in [0.5, 0.6) is 5.75 Å². The van der Waals surface area contributed by atoms with Crippen molar-refractivity contribution in [3.8, 4) is 5.75 Å². The predicted molar refractivity (Wildman–Crippen MR) is 71.0 cm³/mol. The van der Waals surface area contributed by atoms with E-state index >= 15 is 0 Å². The Bertz CT molecular complexity index is 431. The molecule has 0 N–H and O–H groups in total. The van der Waals surface area contributed by atoms with Crippen LogP contribution in [0, 0.1) is 5.41 Å². The molecule has 4 nitrogen and oxygen atoms in total. The zero-order chi connectivity index (χ0) is 13.9. The van der Waals surface area contributed by atoms with Crippen molar-refractivity contribution in [1.82, 2.24) is 0 Å². The lowest BCUT2D eigenvalue weighted by Crippen LogP contribution is -2.39. The molecule has 2 rings (SSSR count). The molecule has 1 aliphatic heterocycles. The van der Waals surface area contributed by atoms with Gasteiger partial charge in [0.15, 0.2) is 0 Å². The van der Waals surface area contributed by atoms with E-state index in [4.69, 9.17) is 14.2 Å². The Hall–Kier alpha value is -1.39. The summed E-state index contributed by atoms with van der Waals surface area (Å²) >= 11 is 0. The number of rotatable bonds is 6. The second-order valence-corrected chi connectivity index (χ2v) is 5.12. The van der Waals surface area contributed by atoms with Crippen LogP contribution in [-0.4, -0.2) is 31.9 Å². The van der Waals surface area contributed by atoms with E-state index in [0.29, 0.717) is 18.8 Å². The molecule has 1 aliphatic rings. The first-order chi connectivity index (χ1) is 9.08. The summed E-state index contributed by atoms with van der Waals surface area (Å²) in [5.41, 5.74) is -0.661. The normalized spacial score (nSPS) is 24.6. The molecule has 4 heteroatoms. The van der Waals surface area contributed by atoms with Crippen molar-refractivity contribution in [2.75, 3.05) is 13.7 Å². The Morgan fingerprint density at radius 2 is 2.00 bits per heavy atom. The topological polar surface area (TPSA) is 48.1 Å². The van der Waals surface area contributed by atoms with E-state index in [1.165, 1.54) is 0 Å². The molecule has 3 atom stereocenters. The molecule has 0 saturated carbocycles. The van der Waals surface area contributed by atoms with Crippen LogP contribution in [-0.2, 0) is 14.3 Å². The van der Waals surface area contributed by atoms with E-state index in [9.17, 15) is 4.79 Å². The Balaban J connectivity index is 2.07. The highest BCUT2D eigenvalue weighted by molar-refractivity contribution is 5.80. The lowest BCUT2D eigenvalue weighted by molar-refractivity contribution is -0.147. The fraction of sp³-hybridized carbons (Fsp3) is 0.533. The molecule has 19 heavy (non-hydrogen) atoms. The van der Waals surface area contributed by atoms with Crippen molar-refractivity contribution >= 4 is 5.97 Å². The average molecular weight is 264 g/mol. The largest absolute Gasteiger partial charge is 0.426 e. The van der Waals surface area contributed by atoms with E-state index in [2.05, 4.69) is 0 Å². The van der Waals surface area contributed by atoms with Crippen molar-refractivity contribution in [2.45, 2.75) is 32.5 Å². The molecule has 0 spiro atoms. The van der Waals surface area contributed by atoms with E-state index in [1.807, 2.05) is 32.0 Å². The zero-order valence-electron chi connectivity index (χ0n) is 11.6. The first kappa shape index (κ1) is 14.0. The van der Waals surface area contributed by atoms with Gasteiger partial charge in [-0.15, -0.1) is 0 Å². The van der Waals surface area contributed by atoms with Crippen LogP contribution < -0.4 is 4.74 Å². The second-order valence-electron chi connectivity index (χ2n) is 5.12. The zero-order valence-corrected chi connectivity index (χ0v) is 11.6. The molecule has 0 amide bonds. The van der Waals surface area contributed by atoms with Crippen LogP contribution in [0.4, 0.5) is 0 Å². The summed E-state index contributed by atoms with van der Waals surface area (Å²) in [6.45, 7) is 4.35. The molecule has 104 valence electrons. The molecular formula is C15H20O4. The Labute approximate surface area is 113 Å². The van der Waals surface area contributed by atoms with Crippen LogP contribution in [0.2, 0.25) is 0 Å². The van der Waals surface area contributed by atoms with Crippen LogP contribution >= 0.6 is 0 Å². The molecule has 0 radical (unpaired) electrons. The Morgan fingerprint density at radius 1 is 1.37 bits per heavy atom. The monoisotopic (exact) mass is 264 g/mol. The average Bonchev–Trinajstić information content (AvgIpc) is 3.15. The third-order valence-corrected chi connectivity index (χ3v) is 3.58. The highest BCUT2D eigenvalue weighted by Crippen LogP contribution is 2.42. The van der Waals surface area contributed by atoms with Gasteiger partial charge >= 0.3 is 5.97 Å². The molecule has 0 aliphatic carbocycles. The summed E-state index contributed by atoms with van der Waals surface area (Å²) in [6.07, 6.45) is 0.605. The van der Waals surface area contributed by atoms with Crippen LogP contribution in [0.15, 0.2) is 30.3 Å². The molecule has 1 saturated heterocycles. The standard InChI is InChI=1S/C15H20O4/c1-11-13(18-11)15(2,9-10-17-3)14(16)19-12-7-5-4-6-8-12/h4-8,11,13H,9-10H2,1-3H3. The molecule has 3 unspecified atom stereocenters. The number of benzene rings is 1. The van der Waals surface area contributed by atoms with Crippen LogP contribution in [0.3, 0.4) is 0 Å². The molecule has 1 aromatic rings. The third-order valence-electron chi connectivity index (χ3n) is 3.58. The number of epoxide rings is 1. The van der Waals surface area contributed by atoms with Crippen LogP contribution in [0.25, 0.3) is 0 Å². The summed E-state index contributed by atoms with van der Waals surface area (Å²) in [5, 5.41) is 0. The van der Waals surface area contributed by atoms with Gasteiger partial charge in [-0.25, -0.2) is 0 Å². The van der Waals surface area contributed by atoms with Crippen molar-refractivity contribution in [3.05, 3.63) is 30.3 Å². The van der Waals surface area contributed by atoms with E-state index in [0.717, 1.165) is 0 Å². The van der Waals surface area contributed by atoms with Gasteiger partial charge in [0, 0.05) is 13.7 Å². The lowest BCUT2D eigenvalue weighted by Gasteiger charge is -2.25. The summed E-state index contributed by atoms with van der Waals surface area (Å²) in [6, 6.07) is 9.10. The van der Waals surface area contributed by atoms with Gasteiger partial charge in [-0.1, -0.05) is 18.2 Å². The number of methoxy groups -OCH3 is 1. The molecule has 1 heterocycles. The summed E-state index contributed by atoms with van der Waals surface area (Å²) in [5.74, 6) is 0.301. The number of carbonyl (C=O) groups excluding carboxylic acids is 1. The first-order valence-corrected chi connectivity index (χ1v) is 6.49. The van der Waals surface area contributed by atoms with Crippen molar-refractivity contribution in [3.63, 3.8) is 0 Å². The van der Waals surface area contributed by atoms with E-state index in [-0.39, 0.29) is 18.2 Å². The quantitative estimate of drug-likeness (QED) is 0.450. The van der Waals surface area contributed by atoms with Gasteiger partial charge in [0.1, 0.15) is 5.75 Å². The van der Waals surface area contributed by atoms with E-state index in [1.54, 1.807) is 19.2 Å². The molecular weight excluding hydrogens is 244 g/mol. The minimum atomic E-state index is -0.661. The van der Waals surface area contributed by atoms with E-state index < -0.39 is 5.41 Å². The molecule has 1 aromatic carbocycles. The third kappa shape index (κ3) is 3.14. The fourth-order valence-electron chi connectivity index (χ4n) is 2.24. The molecule has 0 bridgehead atoms.